The first kappa shape index (κ1) is 33.0. The summed E-state index contributed by atoms with van der Waals surface area (Å²) in [6, 6.07) is 11.9. The standard InChI is InChI=1S/C34H37Cl2N7O4/c1-43(21-12-13-47-19-21)18-29-34(46-3)42-27(17-39-29)25-9-5-7-23(32(25)36)22-6-4-8-24(31(22)35)26-16-38-28(33(41-26)45-2)15-37-14-20-10-11-30(44)40-20/h4-9,16-17,20-21,37H,10-15,18-19H2,1-3H3,(H,40,44)/t20-,21-/m0/s1. The number of aromatic nitrogens is 4. The predicted molar refractivity (Wildman–Crippen MR) is 181 cm³/mol. The van der Waals surface area contributed by atoms with Gasteiger partial charge in [0, 0.05) is 67.0 Å². The van der Waals surface area contributed by atoms with Crippen LogP contribution in [0.15, 0.2) is 48.8 Å². The van der Waals surface area contributed by atoms with Crippen molar-refractivity contribution in [2.75, 3.05) is 41.0 Å². The Balaban J connectivity index is 1.24. The van der Waals surface area contributed by atoms with E-state index in [0.29, 0.717) is 88.7 Å². The molecule has 2 aliphatic rings. The predicted octanol–water partition coefficient (Wildman–Crippen LogP) is 5.18. The largest absolute Gasteiger partial charge is 0.480 e. The minimum atomic E-state index is 0.0860. The Bertz CT molecular complexity index is 1750. The second kappa shape index (κ2) is 14.9. The van der Waals surface area contributed by atoms with Gasteiger partial charge >= 0.3 is 0 Å². The highest BCUT2D eigenvalue weighted by Gasteiger charge is 2.24. The normalized spacial score (nSPS) is 17.7. The van der Waals surface area contributed by atoms with Gasteiger partial charge in [-0.05, 0) is 19.9 Å². The zero-order valence-electron chi connectivity index (χ0n) is 26.6. The number of methoxy groups -OCH3 is 2. The van der Waals surface area contributed by atoms with E-state index in [1.54, 1.807) is 26.6 Å². The third-order valence-corrected chi connectivity index (χ3v) is 9.36. The summed E-state index contributed by atoms with van der Waals surface area (Å²) in [6.45, 7) is 3.16. The van der Waals surface area contributed by atoms with Gasteiger partial charge in [-0.1, -0.05) is 59.6 Å². The lowest BCUT2D eigenvalue weighted by molar-refractivity contribution is -0.119. The van der Waals surface area contributed by atoms with Gasteiger partial charge in [-0.3, -0.25) is 19.7 Å². The van der Waals surface area contributed by atoms with E-state index in [2.05, 4.69) is 27.6 Å². The SMILES string of the molecule is COc1nc(-c2cccc(-c3cccc(-c4cnc(CN(C)[C@H]5CCOC5)c(OC)n4)c3Cl)c2Cl)cnc1CNC[C@@H]1CCC(=O)N1. The van der Waals surface area contributed by atoms with Gasteiger partial charge < -0.3 is 24.8 Å². The maximum Gasteiger partial charge on any atom is 0.237 e. The number of nitrogens with one attached hydrogen (secondary N) is 2. The Kier molecular flexibility index (Phi) is 10.5. The van der Waals surface area contributed by atoms with Crippen LogP contribution in [-0.4, -0.2) is 83.9 Å². The molecule has 0 saturated carbocycles. The average Bonchev–Trinajstić information content (AvgIpc) is 3.78. The molecule has 0 unspecified atom stereocenters. The summed E-state index contributed by atoms with van der Waals surface area (Å²) in [5, 5.41) is 7.25. The smallest absolute Gasteiger partial charge is 0.237 e. The van der Waals surface area contributed by atoms with Crippen molar-refractivity contribution in [3.8, 4) is 45.4 Å². The number of likely N-dealkylation sites (N-methyl/N-ethyl adjacent to an activating group) is 1. The summed E-state index contributed by atoms with van der Waals surface area (Å²) >= 11 is 14.1. The molecule has 2 saturated heterocycles. The summed E-state index contributed by atoms with van der Waals surface area (Å²) < 4.78 is 16.8. The van der Waals surface area contributed by atoms with E-state index >= 15 is 0 Å². The molecule has 0 bridgehead atoms. The number of nitrogens with zero attached hydrogens (tertiary/aromatic N) is 5. The summed E-state index contributed by atoms with van der Waals surface area (Å²) in [5.41, 5.74) is 5.42. The van der Waals surface area contributed by atoms with Crippen LogP contribution in [0, 0.1) is 0 Å². The van der Waals surface area contributed by atoms with Gasteiger partial charge in [-0.25, -0.2) is 9.97 Å². The first-order chi connectivity index (χ1) is 22.9. The highest BCUT2D eigenvalue weighted by atomic mass is 35.5. The van der Waals surface area contributed by atoms with Crippen LogP contribution < -0.4 is 20.1 Å². The van der Waals surface area contributed by atoms with Crippen LogP contribution in [0.1, 0.15) is 30.7 Å². The molecule has 0 spiro atoms. The highest BCUT2D eigenvalue weighted by molar-refractivity contribution is 6.39. The van der Waals surface area contributed by atoms with Gasteiger partial charge in [0.25, 0.3) is 0 Å². The molecule has 4 heterocycles. The molecule has 2 aromatic heterocycles. The zero-order chi connectivity index (χ0) is 32.9. The number of ether oxygens (including phenoxy) is 3. The number of carbonyl (C=O) groups excluding carboxylic acids is 1. The molecule has 1 amide bonds. The summed E-state index contributed by atoms with van der Waals surface area (Å²) in [7, 11) is 5.21. The summed E-state index contributed by atoms with van der Waals surface area (Å²) in [5.74, 6) is 0.930. The quantitative estimate of drug-likeness (QED) is 0.207. The molecule has 6 rings (SSSR count). The lowest BCUT2D eigenvalue weighted by atomic mass is 9.98. The average molecular weight is 679 g/mol. The van der Waals surface area contributed by atoms with Crippen molar-refractivity contribution in [1.29, 1.82) is 0 Å². The van der Waals surface area contributed by atoms with Crippen LogP contribution in [0.5, 0.6) is 11.8 Å². The molecule has 13 heteroatoms. The van der Waals surface area contributed by atoms with Gasteiger partial charge in [0.15, 0.2) is 0 Å². The van der Waals surface area contributed by atoms with E-state index in [9.17, 15) is 4.79 Å². The van der Waals surface area contributed by atoms with Crippen molar-refractivity contribution in [2.24, 2.45) is 0 Å². The Labute approximate surface area is 284 Å². The summed E-state index contributed by atoms with van der Waals surface area (Å²) in [4.78, 5) is 32.5. The van der Waals surface area contributed by atoms with Crippen LogP contribution in [0.25, 0.3) is 33.6 Å². The molecule has 0 aliphatic carbocycles. The van der Waals surface area contributed by atoms with E-state index in [-0.39, 0.29) is 11.9 Å². The Hall–Kier alpha value is -3.87. The molecule has 2 atom stereocenters. The maximum atomic E-state index is 11.5. The topological polar surface area (TPSA) is 124 Å². The number of hydrogen-bond acceptors (Lipinski definition) is 10. The van der Waals surface area contributed by atoms with Crippen LogP contribution in [-0.2, 0) is 22.6 Å². The molecule has 0 radical (unpaired) electrons. The fraction of sp³-hybridized carbons (Fsp3) is 0.382. The monoisotopic (exact) mass is 677 g/mol. The lowest BCUT2D eigenvalue weighted by Gasteiger charge is -2.23. The van der Waals surface area contributed by atoms with Crippen molar-refractivity contribution in [2.45, 2.75) is 44.4 Å². The fourth-order valence-corrected chi connectivity index (χ4v) is 6.57. The van der Waals surface area contributed by atoms with Gasteiger partial charge in [0.05, 0.1) is 54.7 Å². The zero-order valence-corrected chi connectivity index (χ0v) is 28.1. The molecule has 2 aliphatic heterocycles. The minimum absolute atomic E-state index is 0.0860. The third-order valence-electron chi connectivity index (χ3n) is 8.55. The Morgan fingerprint density at radius 3 is 2.06 bits per heavy atom. The number of carbonyl (C=O) groups is 1. The Morgan fingerprint density at radius 1 is 0.915 bits per heavy atom. The summed E-state index contributed by atoms with van der Waals surface area (Å²) in [6.07, 6.45) is 5.77. The van der Waals surface area contributed by atoms with Crippen molar-refractivity contribution in [1.82, 2.24) is 35.5 Å². The molecule has 2 aromatic carbocycles. The fourth-order valence-electron chi connectivity index (χ4n) is 5.92. The molecule has 2 fully saturated rings. The van der Waals surface area contributed by atoms with Gasteiger partial charge in [-0.15, -0.1) is 0 Å². The lowest BCUT2D eigenvalue weighted by Crippen LogP contribution is -2.35. The molecule has 11 nitrogen and oxygen atoms in total. The van der Waals surface area contributed by atoms with Crippen LogP contribution >= 0.6 is 23.2 Å². The van der Waals surface area contributed by atoms with Crippen molar-refractivity contribution >= 4 is 29.1 Å². The van der Waals surface area contributed by atoms with Crippen molar-refractivity contribution < 1.29 is 19.0 Å². The van der Waals surface area contributed by atoms with Crippen molar-refractivity contribution in [3.63, 3.8) is 0 Å². The number of rotatable bonds is 12. The van der Waals surface area contributed by atoms with E-state index in [4.69, 9.17) is 52.4 Å². The van der Waals surface area contributed by atoms with Gasteiger partial charge in [-0.2, -0.15) is 0 Å². The third kappa shape index (κ3) is 7.34. The van der Waals surface area contributed by atoms with E-state index < -0.39 is 0 Å². The second-order valence-electron chi connectivity index (χ2n) is 11.6. The molecule has 246 valence electrons. The molecular weight excluding hydrogens is 641 g/mol. The second-order valence-corrected chi connectivity index (χ2v) is 12.4. The number of benzene rings is 2. The molecule has 4 aromatic rings. The van der Waals surface area contributed by atoms with E-state index in [1.165, 1.54) is 0 Å². The van der Waals surface area contributed by atoms with Crippen LogP contribution in [0.3, 0.4) is 0 Å². The molecule has 47 heavy (non-hydrogen) atoms. The minimum Gasteiger partial charge on any atom is -0.480 e. The molecule has 2 N–H and O–H groups in total. The van der Waals surface area contributed by atoms with Gasteiger partial charge in [0.2, 0.25) is 17.7 Å². The first-order valence-corrected chi connectivity index (χ1v) is 16.3. The Morgan fingerprint density at radius 2 is 1.51 bits per heavy atom. The number of amides is 1. The first-order valence-electron chi connectivity index (χ1n) is 15.5. The van der Waals surface area contributed by atoms with Crippen LogP contribution in [0.4, 0.5) is 0 Å². The number of halogens is 2. The number of hydrogen-bond donors (Lipinski definition) is 2. The van der Waals surface area contributed by atoms with E-state index in [0.717, 1.165) is 36.3 Å². The van der Waals surface area contributed by atoms with E-state index in [1.807, 2.05) is 36.4 Å². The maximum absolute atomic E-state index is 11.5. The van der Waals surface area contributed by atoms with Crippen molar-refractivity contribution in [3.05, 3.63) is 70.2 Å². The van der Waals surface area contributed by atoms with Gasteiger partial charge in [0.1, 0.15) is 11.4 Å². The molecular formula is C34H37Cl2N7O4. The highest BCUT2D eigenvalue weighted by Crippen LogP contribution is 2.42. The van der Waals surface area contributed by atoms with Crippen LogP contribution in [0.2, 0.25) is 10.0 Å².